The van der Waals surface area contributed by atoms with E-state index in [4.69, 9.17) is 8.85 Å². The Kier molecular flexibility index (Phi) is 5.37. The highest BCUT2D eigenvalue weighted by molar-refractivity contribution is 6.49. The van der Waals surface area contributed by atoms with E-state index in [9.17, 15) is 0 Å². The van der Waals surface area contributed by atoms with Crippen LogP contribution in [0, 0.1) is 0 Å². The van der Waals surface area contributed by atoms with Crippen molar-refractivity contribution in [3.8, 4) is 0 Å². The lowest BCUT2D eigenvalue weighted by Crippen LogP contribution is -2.39. The van der Waals surface area contributed by atoms with E-state index in [-0.39, 0.29) is 0 Å². The van der Waals surface area contributed by atoms with Gasteiger partial charge in [0.15, 0.2) is 0 Å². The van der Waals surface area contributed by atoms with Gasteiger partial charge in [-0.05, 0) is 39.0 Å². The van der Waals surface area contributed by atoms with Crippen LogP contribution in [0.25, 0.3) is 0 Å². The van der Waals surface area contributed by atoms with Crippen LogP contribution in [0.15, 0.2) is 0 Å². The predicted octanol–water partition coefficient (Wildman–Crippen LogP) is 2.83. The summed E-state index contributed by atoms with van der Waals surface area (Å²) in [4.78, 5) is 0. The van der Waals surface area contributed by atoms with E-state index >= 15 is 0 Å². The summed E-state index contributed by atoms with van der Waals surface area (Å²) < 4.78 is 12.0. The summed E-state index contributed by atoms with van der Waals surface area (Å²) in [7, 11) is -1.14. The van der Waals surface area contributed by atoms with Gasteiger partial charge >= 0.3 is 0 Å². The summed E-state index contributed by atoms with van der Waals surface area (Å²) in [6.45, 7) is 8.83. The molecule has 1 fully saturated rings. The lowest BCUT2D eigenvalue weighted by molar-refractivity contribution is 0.0214. The summed E-state index contributed by atoms with van der Waals surface area (Å²) in [5.41, 5.74) is 0. The fraction of sp³-hybridized carbons (Fsp3) is 1.00. The zero-order valence-electron chi connectivity index (χ0n) is 9.80. The molecule has 2 atom stereocenters. The van der Waals surface area contributed by atoms with Gasteiger partial charge in [0.2, 0.25) is 18.1 Å². The fourth-order valence-corrected chi connectivity index (χ4v) is 3.69. The molecule has 0 amide bonds. The Morgan fingerprint density at radius 3 is 1.43 bits per heavy atom. The van der Waals surface area contributed by atoms with E-state index in [2.05, 4.69) is 26.2 Å². The Labute approximate surface area is 91.4 Å². The van der Waals surface area contributed by atoms with Crippen molar-refractivity contribution >= 4 is 18.1 Å². The van der Waals surface area contributed by atoms with E-state index in [1.807, 2.05) is 0 Å². The highest BCUT2D eigenvalue weighted by Crippen LogP contribution is 2.24. The normalized spacial score (nSPS) is 28.7. The second-order valence-electron chi connectivity index (χ2n) is 4.41. The second-order valence-corrected chi connectivity index (χ2v) is 8.52. The number of rotatable bonds is 4. The summed E-state index contributed by atoms with van der Waals surface area (Å²) in [6.07, 6.45) is 5.83. The molecule has 0 aromatic heterocycles. The number of hydrogen-bond acceptors (Lipinski definition) is 2. The first kappa shape index (κ1) is 12.4. The molecule has 0 spiro atoms. The van der Waals surface area contributed by atoms with Crippen LogP contribution in [0.5, 0.6) is 0 Å². The molecule has 0 saturated heterocycles. The molecule has 0 aromatic carbocycles. The first-order valence-electron chi connectivity index (χ1n) is 5.53. The van der Waals surface area contributed by atoms with E-state index in [0.717, 1.165) is 0 Å². The largest absolute Gasteiger partial charge is 0.412 e. The highest BCUT2D eigenvalue weighted by atomic mass is 28.3. The Morgan fingerprint density at radius 1 is 0.786 bits per heavy atom. The average molecular weight is 230 g/mol. The van der Waals surface area contributed by atoms with Gasteiger partial charge in [0.05, 0.1) is 12.2 Å². The van der Waals surface area contributed by atoms with Crippen molar-refractivity contribution in [2.24, 2.45) is 0 Å². The monoisotopic (exact) mass is 230 g/mol. The molecular weight excluding hydrogens is 208 g/mol. The van der Waals surface area contributed by atoms with Crippen molar-refractivity contribution in [2.75, 3.05) is 0 Å². The summed E-state index contributed by atoms with van der Waals surface area (Å²) >= 11 is 0. The van der Waals surface area contributed by atoms with Crippen LogP contribution in [0.4, 0.5) is 0 Å². The molecule has 0 heterocycles. The topological polar surface area (TPSA) is 18.5 Å². The quantitative estimate of drug-likeness (QED) is 0.692. The zero-order valence-corrected chi connectivity index (χ0v) is 11.8. The molecule has 0 aromatic rings. The second kappa shape index (κ2) is 6.05. The molecule has 1 aliphatic carbocycles. The van der Waals surface area contributed by atoms with Gasteiger partial charge in [-0.15, -0.1) is 0 Å². The van der Waals surface area contributed by atoms with Gasteiger partial charge < -0.3 is 8.85 Å². The third-order valence-electron chi connectivity index (χ3n) is 2.42. The first-order chi connectivity index (χ1) is 6.59. The van der Waals surface area contributed by atoms with E-state index in [1.54, 1.807) is 0 Å². The smallest absolute Gasteiger partial charge is 0.205 e. The molecule has 0 aliphatic heterocycles. The molecule has 0 N–H and O–H groups in total. The third-order valence-corrected chi connectivity index (χ3v) is 3.96. The maximum absolute atomic E-state index is 6.00. The van der Waals surface area contributed by atoms with Crippen LogP contribution in [0.3, 0.4) is 0 Å². The van der Waals surface area contributed by atoms with Crippen LogP contribution >= 0.6 is 0 Å². The Bertz CT molecular complexity index is 144. The van der Waals surface area contributed by atoms with Crippen molar-refractivity contribution in [2.45, 2.75) is 64.1 Å². The summed E-state index contributed by atoms with van der Waals surface area (Å²) in [6, 6.07) is 0. The zero-order chi connectivity index (χ0) is 10.6. The third kappa shape index (κ3) is 4.25. The van der Waals surface area contributed by atoms with Crippen LogP contribution in [0.1, 0.15) is 25.7 Å². The minimum Gasteiger partial charge on any atom is -0.412 e. The first-order valence-corrected chi connectivity index (χ1v) is 10.3. The van der Waals surface area contributed by atoms with Crippen molar-refractivity contribution < 1.29 is 8.85 Å². The summed E-state index contributed by atoms with van der Waals surface area (Å²) in [5, 5.41) is 0. The minimum absolute atomic E-state index is 0.396. The van der Waals surface area contributed by atoms with Gasteiger partial charge in [-0.25, -0.2) is 0 Å². The lowest BCUT2D eigenvalue weighted by atomic mass is 9.95. The molecule has 82 valence electrons. The SMILES string of the molecule is C[Si](C)OC1CCCCC1O[Si](C)C. The van der Waals surface area contributed by atoms with Crippen LogP contribution in [-0.2, 0) is 8.85 Å². The fourth-order valence-electron chi connectivity index (χ4n) is 1.94. The number of hydrogen-bond donors (Lipinski definition) is 0. The van der Waals surface area contributed by atoms with Gasteiger partial charge in [0, 0.05) is 0 Å². The van der Waals surface area contributed by atoms with Crippen molar-refractivity contribution in [1.82, 2.24) is 0 Å². The summed E-state index contributed by atoms with van der Waals surface area (Å²) in [5.74, 6) is 0. The van der Waals surface area contributed by atoms with E-state index in [1.165, 1.54) is 25.7 Å². The molecule has 2 radical (unpaired) electrons. The molecule has 2 nitrogen and oxygen atoms in total. The van der Waals surface area contributed by atoms with Crippen molar-refractivity contribution in [3.63, 3.8) is 0 Å². The Morgan fingerprint density at radius 2 is 1.14 bits per heavy atom. The van der Waals surface area contributed by atoms with Crippen molar-refractivity contribution in [1.29, 1.82) is 0 Å². The van der Waals surface area contributed by atoms with Gasteiger partial charge in [-0.3, -0.25) is 0 Å². The van der Waals surface area contributed by atoms with Crippen LogP contribution in [0.2, 0.25) is 26.2 Å². The molecule has 0 bridgehead atoms. The predicted molar refractivity (Wildman–Crippen MR) is 63.2 cm³/mol. The Balaban J connectivity index is 2.41. The van der Waals surface area contributed by atoms with Crippen LogP contribution < -0.4 is 0 Å². The van der Waals surface area contributed by atoms with Gasteiger partial charge in [0.1, 0.15) is 0 Å². The maximum atomic E-state index is 6.00. The molecular formula is C10H22O2Si2. The molecule has 1 saturated carbocycles. The van der Waals surface area contributed by atoms with E-state index in [0.29, 0.717) is 12.2 Å². The molecule has 1 rings (SSSR count). The Hall–Kier alpha value is 0.354. The van der Waals surface area contributed by atoms with Gasteiger partial charge in [-0.2, -0.15) is 0 Å². The highest BCUT2D eigenvalue weighted by Gasteiger charge is 2.27. The molecule has 1 aliphatic rings. The van der Waals surface area contributed by atoms with Crippen LogP contribution in [-0.4, -0.2) is 30.3 Å². The maximum Gasteiger partial charge on any atom is 0.205 e. The molecule has 2 unspecified atom stereocenters. The van der Waals surface area contributed by atoms with Gasteiger partial charge in [-0.1, -0.05) is 12.8 Å². The van der Waals surface area contributed by atoms with Gasteiger partial charge in [0.25, 0.3) is 0 Å². The average Bonchev–Trinajstić information content (AvgIpc) is 2.06. The molecule has 4 heteroatoms. The van der Waals surface area contributed by atoms with Crippen molar-refractivity contribution in [3.05, 3.63) is 0 Å². The minimum atomic E-state index is -0.570. The standard InChI is InChI=1S/C10H22O2Si2/c1-13(2)11-9-7-5-6-8-10(9)12-14(3)4/h9-10H,5-8H2,1-4H3. The lowest BCUT2D eigenvalue weighted by Gasteiger charge is -2.34. The van der Waals surface area contributed by atoms with E-state index < -0.39 is 18.1 Å². The molecule has 14 heavy (non-hydrogen) atoms.